The molecule has 0 aliphatic rings. The summed E-state index contributed by atoms with van der Waals surface area (Å²) in [5, 5.41) is 2.47. The van der Waals surface area contributed by atoms with Gasteiger partial charge in [-0.25, -0.2) is 15.0 Å². The maximum Gasteiger partial charge on any atom is 0.433 e. The van der Waals surface area contributed by atoms with Gasteiger partial charge in [-0.15, -0.1) is 0 Å². The molecule has 0 atom stereocenters. The maximum atomic E-state index is 12.5. The zero-order chi connectivity index (χ0) is 18.0. The molecule has 0 aliphatic carbocycles. The Kier molecular flexibility index (Phi) is 4.22. The van der Waals surface area contributed by atoms with Gasteiger partial charge in [-0.1, -0.05) is 6.07 Å². The third kappa shape index (κ3) is 3.65. The van der Waals surface area contributed by atoms with Crippen LogP contribution in [0.3, 0.4) is 0 Å². The molecule has 1 amide bonds. The predicted octanol–water partition coefficient (Wildman–Crippen LogP) is 3.15. The summed E-state index contributed by atoms with van der Waals surface area (Å²) in [4.78, 5) is 23.8. The number of halogens is 3. The average Bonchev–Trinajstić information content (AvgIpc) is 3.01. The fraction of sp³-hybridized carbons (Fsp3) is 0.125. The summed E-state index contributed by atoms with van der Waals surface area (Å²) in [5.74, 6) is -0.550. The smallest absolute Gasteiger partial charge is 0.332 e. The molecule has 0 unspecified atom stereocenters. The van der Waals surface area contributed by atoms with Crippen molar-refractivity contribution < 1.29 is 18.0 Å². The number of carbonyl (C=O) groups excluding carboxylic acids is 1. The van der Waals surface area contributed by atoms with Crippen LogP contribution in [0.1, 0.15) is 16.2 Å². The standard InChI is InChI=1S/C16H12F3N5O/c1-24-9-20-8-13(24)11-3-2-4-12(23-11)15(25)22-10-5-6-14(21-7-10)16(17,18)19/h2-9H,1H3,(H,22,25). The van der Waals surface area contributed by atoms with Gasteiger partial charge < -0.3 is 9.88 Å². The SMILES string of the molecule is Cn1cncc1-c1cccc(C(=O)Nc2ccc(C(F)(F)F)nc2)n1. The van der Waals surface area contributed by atoms with Gasteiger partial charge in [0.1, 0.15) is 11.4 Å². The van der Waals surface area contributed by atoms with E-state index in [-0.39, 0.29) is 11.4 Å². The highest BCUT2D eigenvalue weighted by Gasteiger charge is 2.32. The van der Waals surface area contributed by atoms with Crippen molar-refractivity contribution in [3.8, 4) is 11.4 Å². The molecule has 3 aromatic rings. The molecule has 0 radical (unpaired) electrons. The number of nitrogens with zero attached hydrogens (tertiary/aromatic N) is 4. The Bertz CT molecular complexity index is 903. The maximum absolute atomic E-state index is 12.5. The van der Waals surface area contributed by atoms with Crippen molar-refractivity contribution in [2.75, 3.05) is 5.32 Å². The zero-order valence-electron chi connectivity index (χ0n) is 12.9. The van der Waals surface area contributed by atoms with Crippen molar-refractivity contribution in [2.45, 2.75) is 6.18 Å². The van der Waals surface area contributed by atoms with Gasteiger partial charge in [0, 0.05) is 7.05 Å². The fourth-order valence-electron chi connectivity index (χ4n) is 2.14. The minimum atomic E-state index is -4.53. The van der Waals surface area contributed by atoms with Crippen LogP contribution in [0.25, 0.3) is 11.4 Å². The number of carbonyl (C=O) groups is 1. The van der Waals surface area contributed by atoms with Crippen LogP contribution >= 0.6 is 0 Å². The van der Waals surface area contributed by atoms with E-state index in [1.165, 1.54) is 6.07 Å². The van der Waals surface area contributed by atoms with E-state index in [9.17, 15) is 18.0 Å². The van der Waals surface area contributed by atoms with Gasteiger partial charge in [0.2, 0.25) is 0 Å². The van der Waals surface area contributed by atoms with Crippen molar-refractivity contribution >= 4 is 11.6 Å². The monoisotopic (exact) mass is 347 g/mol. The molecule has 3 rings (SSSR count). The lowest BCUT2D eigenvalue weighted by atomic mass is 10.2. The molecular formula is C16H12F3N5O. The number of anilines is 1. The Morgan fingerprint density at radius 1 is 1.16 bits per heavy atom. The van der Waals surface area contributed by atoms with Crippen LogP contribution in [0.4, 0.5) is 18.9 Å². The molecule has 0 fully saturated rings. The summed E-state index contributed by atoms with van der Waals surface area (Å²) in [7, 11) is 1.80. The van der Waals surface area contributed by atoms with E-state index in [1.807, 2.05) is 0 Å². The van der Waals surface area contributed by atoms with Gasteiger partial charge in [0.05, 0.1) is 35.8 Å². The molecule has 0 spiro atoms. The summed E-state index contributed by atoms with van der Waals surface area (Å²) >= 11 is 0. The van der Waals surface area contributed by atoms with Crippen molar-refractivity contribution in [1.82, 2.24) is 19.5 Å². The summed E-state index contributed by atoms with van der Waals surface area (Å²) in [6.45, 7) is 0. The molecule has 0 aliphatic heterocycles. The fourth-order valence-corrected chi connectivity index (χ4v) is 2.14. The molecule has 6 nitrogen and oxygen atoms in total. The summed E-state index contributed by atoms with van der Waals surface area (Å²) < 4.78 is 39.2. The van der Waals surface area contributed by atoms with E-state index < -0.39 is 17.8 Å². The molecule has 0 aromatic carbocycles. The second-order valence-corrected chi connectivity index (χ2v) is 5.18. The molecule has 0 bridgehead atoms. The molecule has 0 saturated carbocycles. The summed E-state index contributed by atoms with van der Waals surface area (Å²) in [6.07, 6.45) is -0.353. The highest BCUT2D eigenvalue weighted by Crippen LogP contribution is 2.27. The number of hydrogen-bond donors (Lipinski definition) is 1. The highest BCUT2D eigenvalue weighted by molar-refractivity contribution is 6.03. The molecule has 25 heavy (non-hydrogen) atoms. The molecule has 3 heterocycles. The average molecular weight is 347 g/mol. The van der Waals surface area contributed by atoms with E-state index in [2.05, 4.69) is 20.3 Å². The van der Waals surface area contributed by atoms with Gasteiger partial charge in [0.15, 0.2) is 0 Å². The number of imidazole rings is 1. The second kappa shape index (κ2) is 6.34. The van der Waals surface area contributed by atoms with Crippen LogP contribution in [0, 0.1) is 0 Å². The van der Waals surface area contributed by atoms with Crippen molar-refractivity contribution in [2.24, 2.45) is 7.05 Å². The topological polar surface area (TPSA) is 72.7 Å². The van der Waals surface area contributed by atoms with Gasteiger partial charge in [-0.3, -0.25) is 4.79 Å². The van der Waals surface area contributed by atoms with Gasteiger partial charge >= 0.3 is 6.18 Å². The second-order valence-electron chi connectivity index (χ2n) is 5.18. The Balaban J connectivity index is 1.79. The lowest BCUT2D eigenvalue weighted by molar-refractivity contribution is -0.141. The van der Waals surface area contributed by atoms with E-state index >= 15 is 0 Å². The number of aryl methyl sites for hydroxylation is 1. The van der Waals surface area contributed by atoms with E-state index in [1.54, 1.807) is 36.3 Å². The number of nitrogens with one attached hydrogen (secondary N) is 1. The van der Waals surface area contributed by atoms with Crippen LogP contribution in [0.2, 0.25) is 0 Å². The molecule has 0 saturated heterocycles. The number of aromatic nitrogens is 4. The predicted molar refractivity (Wildman–Crippen MR) is 83.6 cm³/mol. The van der Waals surface area contributed by atoms with Crippen molar-refractivity contribution in [3.63, 3.8) is 0 Å². The van der Waals surface area contributed by atoms with E-state index in [0.717, 1.165) is 24.0 Å². The first kappa shape index (κ1) is 16.6. The number of amides is 1. The first-order valence-corrected chi connectivity index (χ1v) is 7.13. The molecule has 3 aromatic heterocycles. The van der Waals surface area contributed by atoms with Crippen LogP contribution in [-0.4, -0.2) is 25.4 Å². The first-order chi connectivity index (χ1) is 11.8. The van der Waals surface area contributed by atoms with Gasteiger partial charge in [-0.2, -0.15) is 13.2 Å². The normalized spacial score (nSPS) is 11.4. The quantitative estimate of drug-likeness (QED) is 0.790. The molecular weight excluding hydrogens is 335 g/mol. The lowest BCUT2D eigenvalue weighted by Gasteiger charge is -2.08. The Morgan fingerprint density at radius 2 is 1.96 bits per heavy atom. The van der Waals surface area contributed by atoms with Crippen LogP contribution in [-0.2, 0) is 13.2 Å². The highest BCUT2D eigenvalue weighted by atomic mass is 19.4. The molecule has 128 valence electrons. The number of hydrogen-bond acceptors (Lipinski definition) is 4. The Morgan fingerprint density at radius 3 is 2.56 bits per heavy atom. The van der Waals surface area contributed by atoms with Crippen LogP contribution in [0.5, 0.6) is 0 Å². The van der Waals surface area contributed by atoms with Crippen molar-refractivity contribution in [1.29, 1.82) is 0 Å². The number of rotatable bonds is 3. The van der Waals surface area contributed by atoms with Gasteiger partial charge in [-0.05, 0) is 24.3 Å². The number of alkyl halides is 3. The van der Waals surface area contributed by atoms with Crippen LogP contribution in [0.15, 0.2) is 49.1 Å². The Hall–Kier alpha value is -3.23. The minimum absolute atomic E-state index is 0.124. The van der Waals surface area contributed by atoms with Crippen molar-refractivity contribution in [3.05, 3.63) is 60.4 Å². The minimum Gasteiger partial charge on any atom is -0.332 e. The lowest BCUT2D eigenvalue weighted by Crippen LogP contribution is -2.15. The third-order valence-electron chi connectivity index (χ3n) is 3.37. The van der Waals surface area contributed by atoms with Gasteiger partial charge in [0.25, 0.3) is 5.91 Å². The van der Waals surface area contributed by atoms with Crippen LogP contribution < -0.4 is 5.32 Å². The zero-order valence-corrected chi connectivity index (χ0v) is 12.9. The Labute approximate surface area is 140 Å². The molecule has 9 heteroatoms. The number of pyridine rings is 2. The summed E-state index contributed by atoms with van der Waals surface area (Å²) in [6, 6.07) is 6.84. The first-order valence-electron chi connectivity index (χ1n) is 7.13. The third-order valence-corrected chi connectivity index (χ3v) is 3.37. The molecule has 1 N–H and O–H groups in total. The largest absolute Gasteiger partial charge is 0.433 e. The summed E-state index contributed by atoms with van der Waals surface area (Å²) in [5.41, 5.74) is 0.523. The van der Waals surface area contributed by atoms with E-state index in [0.29, 0.717) is 5.69 Å². The van der Waals surface area contributed by atoms with E-state index in [4.69, 9.17) is 0 Å².